The molecule has 0 amide bonds. The highest BCUT2D eigenvalue weighted by Crippen LogP contribution is 2.39. The minimum absolute atomic E-state index is 0.0874. The molecule has 0 radical (unpaired) electrons. The van der Waals surface area contributed by atoms with Gasteiger partial charge in [-0.05, 0) is 97.9 Å². The van der Waals surface area contributed by atoms with E-state index < -0.39 is 35.0 Å². The molecule has 0 saturated carbocycles. The van der Waals surface area contributed by atoms with E-state index in [1.807, 2.05) is 0 Å². The molecule has 4 aromatic rings. The topological polar surface area (TPSA) is 93.7 Å². The number of ether oxygens (including phenoxy) is 2. The largest absolute Gasteiger partial charge is 0.487 e. The van der Waals surface area contributed by atoms with Crippen LogP contribution in [-0.4, -0.2) is 23.3 Å². The number of benzene rings is 3. The van der Waals surface area contributed by atoms with E-state index >= 15 is 0 Å². The van der Waals surface area contributed by atoms with Gasteiger partial charge in [0.15, 0.2) is 10.5 Å². The number of alkyl halides is 3. The molecule has 0 fully saturated rings. The summed E-state index contributed by atoms with van der Waals surface area (Å²) in [4.78, 5) is 30.3. The van der Waals surface area contributed by atoms with Crippen molar-refractivity contribution >= 4 is 66.8 Å². The van der Waals surface area contributed by atoms with E-state index in [-0.39, 0.29) is 28.1 Å². The maximum absolute atomic E-state index is 14.3. The Hall–Kier alpha value is -3.70. The van der Waals surface area contributed by atoms with Crippen molar-refractivity contribution in [1.29, 1.82) is 5.26 Å². The van der Waals surface area contributed by atoms with Crippen molar-refractivity contribution in [2.24, 2.45) is 4.99 Å². The fourth-order valence-electron chi connectivity index (χ4n) is 4.58. The van der Waals surface area contributed by atoms with Gasteiger partial charge in [0.2, 0.25) is 0 Å². The highest BCUT2D eigenvalue weighted by atomic mass is 79.9. The highest BCUT2D eigenvalue weighted by molar-refractivity contribution is 9.11. The van der Waals surface area contributed by atoms with Crippen LogP contribution in [0.4, 0.5) is 13.2 Å². The fourth-order valence-corrected chi connectivity index (χ4v) is 7.16. The number of rotatable bonds is 7. The van der Waals surface area contributed by atoms with Gasteiger partial charge >= 0.3 is 12.1 Å². The van der Waals surface area contributed by atoms with E-state index in [9.17, 15) is 22.8 Å². The predicted octanol–water partition coefficient (Wildman–Crippen LogP) is 6.97. The Kier molecular flexibility index (Phi) is 9.69. The first-order valence-corrected chi connectivity index (χ1v) is 15.9. The predicted molar refractivity (Wildman–Crippen MR) is 170 cm³/mol. The fraction of sp³-hybridized carbons (Fsp3) is 0.161. The monoisotopic (exact) mass is 779 g/mol. The minimum Gasteiger partial charge on any atom is -0.487 e. The van der Waals surface area contributed by atoms with Gasteiger partial charge in [0.05, 0.1) is 43.3 Å². The Bertz CT molecular complexity index is 2030. The zero-order valence-electron chi connectivity index (χ0n) is 23.0. The van der Waals surface area contributed by atoms with Crippen molar-refractivity contribution in [3.63, 3.8) is 0 Å². The molecular formula is C31H19Br2ClF3N3O4S. The van der Waals surface area contributed by atoms with E-state index in [1.54, 1.807) is 36.4 Å². The van der Waals surface area contributed by atoms with Crippen molar-refractivity contribution < 1.29 is 27.4 Å². The molecule has 1 atom stereocenters. The molecule has 1 aliphatic heterocycles. The molecule has 0 aliphatic carbocycles. The molecule has 45 heavy (non-hydrogen) atoms. The first kappa shape index (κ1) is 32.7. The molecule has 0 unspecified atom stereocenters. The third-order valence-electron chi connectivity index (χ3n) is 6.57. The van der Waals surface area contributed by atoms with E-state index in [0.29, 0.717) is 30.8 Å². The molecule has 230 valence electrons. The summed E-state index contributed by atoms with van der Waals surface area (Å²) in [5, 5.41) is 9.31. The van der Waals surface area contributed by atoms with E-state index in [4.69, 9.17) is 26.3 Å². The standard InChI is InChI=1S/C31H19Br2ClF3N3O4S/c1-2-43-29(42)24-25(19-7-9-20(34)10-8-19)40-28(41)23(45-30(40)39-27(24)31(35,36)37)13-18-11-21(32)26(22(33)12-18)44-15-17-5-3-16(14-38)4-6-17/h3-13,25H,2,15H2,1H3/b23-13-/t25-/m0/s1. The average Bonchev–Trinajstić information content (AvgIpc) is 3.30. The Balaban J connectivity index is 1.60. The maximum atomic E-state index is 14.3. The molecule has 0 bridgehead atoms. The zero-order valence-corrected chi connectivity index (χ0v) is 27.7. The van der Waals surface area contributed by atoms with Crippen LogP contribution in [0.3, 0.4) is 0 Å². The van der Waals surface area contributed by atoms with Crippen LogP contribution in [0.25, 0.3) is 6.08 Å². The molecule has 1 aliphatic rings. The Labute approximate surface area is 279 Å². The van der Waals surface area contributed by atoms with Gasteiger partial charge in [-0.25, -0.2) is 9.79 Å². The number of hydrogen-bond acceptors (Lipinski definition) is 7. The van der Waals surface area contributed by atoms with Gasteiger partial charge in [0.1, 0.15) is 12.4 Å². The normalized spacial score (nSPS) is 14.9. The van der Waals surface area contributed by atoms with Crippen LogP contribution in [0.15, 0.2) is 90.7 Å². The number of esters is 1. The molecule has 1 aromatic heterocycles. The Morgan fingerprint density at radius 1 is 1.13 bits per heavy atom. The highest BCUT2D eigenvalue weighted by Gasteiger charge is 2.45. The summed E-state index contributed by atoms with van der Waals surface area (Å²) in [6, 6.07) is 16.7. The number of carbonyl (C=O) groups is 1. The molecule has 0 N–H and O–H groups in total. The number of aromatic nitrogens is 1. The third kappa shape index (κ3) is 6.94. The molecule has 0 spiro atoms. The molecular weight excluding hydrogens is 763 g/mol. The van der Waals surface area contributed by atoms with Gasteiger partial charge in [-0.3, -0.25) is 9.36 Å². The van der Waals surface area contributed by atoms with Crippen LogP contribution < -0.4 is 19.6 Å². The summed E-state index contributed by atoms with van der Waals surface area (Å²) in [7, 11) is 0. The van der Waals surface area contributed by atoms with Crippen molar-refractivity contribution in [2.45, 2.75) is 25.7 Å². The Morgan fingerprint density at radius 2 is 1.78 bits per heavy atom. The van der Waals surface area contributed by atoms with Crippen LogP contribution in [0.1, 0.15) is 35.2 Å². The average molecular weight is 782 g/mol. The first-order chi connectivity index (χ1) is 21.4. The second kappa shape index (κ2) is 13.3. The molecule has 5 rings (SSSR count). The summed E-state index contributed by atoms with van der Waals surface area (Å²) in [6.07, 6.45) is -3.49. The number of carbonyl (C=O) groups excluding carboxylic acids is 1. The van der Waals surface area contributed by atoms with Crippen LogP contribution in [0.2, 0.25) is 5.02 Å². The van der Waals surface area contributed by atoms with Gasteiger partial charge in [-0.2, -0.15) is 18.4 Å². The lowest BCUT2D eigenvalue weighted by Gasteiger charge is -2.26. The van der Waals surface area contributed by atoms with Gasteiger partial charge in [0, 0.05) is 5.02 Å². The number of hydrogen-bond donors (Lipinski definition) is 0. The molecule has 2 heterocycles. The number of halogens is 6. The molecule has 3 aromatic carbocycles. The molecule has 7 nitrogen and oxygen atoms in total. The van der Waals surface area contributed by atoms with Gasteiger partial charge in [-0.1, -0.05) is 47.2 Å². The van der Waals surface area contributed by atoms with Crippen molar-refractivity contribution in [1.82, 2.24) is 4.57 Å². The molecule has 14 heteroatoms. The Morgan fingerprint density at radius 3 is 2.36 bits per heavy atom. The third-order valence-corrected chi connectivity index (χ3v) is 8.98. The second-order valence-corrected chi connectivity index (χ2v) is 12.7. The summed E-state index contributed by atoms with van der Waals surface area (Å²) in [5.74, 6) is -0.748. The van der Waals surface area contributed by atoms with Crippen molar-refractivity contribution in [3.05, 3.63) is 128 Å². The van der Waals surface area contributed by atoms with Crippen LogP contribution >= 0.6 is 54.8 Å². The second-order valence-electron chi connectivity index (χ2n) is 9.53. The van der Waals surface area contributed by atoms with Gasteiger partial charge in [-0.15, -0.1) is 0 Å². The summed E-state index contributed by atoms with van der Waals surface area (Å²) < 4.78 is 56.2. The quantitative estimate of drug-likeness (QED) is 0.189. The maximum Gasteiger partial charge on any atom is 0.434 e. The number of thiazole rings is 1. The number of allylic oxidation sites excluding steroid dienone is 1. The van der Waals surface area contributed by atoms with E-state index in [0.717, 1.165) is 21.5 Å². The van der Waals surface area contributed by atoms with Gasteiger partial charge in [0.25, 0.3) is 5.56 Å². The number of fused-ring (bicyclic) bond motifs is 1. The van der Waals surface area contributed by atoms with Crippen LogP contribution in [-0.2, 0) is 16.1 Å². The lowest BCUT2D eigenvalue weighted by atomic mass is 9.95. The number of nitrogens with zero attached hydrogens (tertiary/aromatic N) is 3. The van der Waals surface area contributed by atoms with Crippen LogP contribution in [0.5, 0.6) is 5.75 Å². The summed E-state index contributed by atoms with van der Waals surface area (Å²) >= 11 is 13.8. The number of nitriles is 1. The van der Waals surface area contributed by atoms with Crippen molar-refractivity contribution in [3.8, 4) is 11.8 Å². The van der Waals surface area contributed by atoms with E-state index in [2.05, 4.69) is 42.9 Å². The first-order valence-electron chi connectivity index (χ1n) is 13.1. The SMILES string of the molecule is CCOC(=O)C1=C(C(F)(F)F)N=c2s/c(=C\c3cc(Br)c(OCc4ccc(C#N)cc4)c(Br)c3)c(=O)n2[C@H]1c1ccc(Cl)cc1. The molecule has 0 saturated heterocycles. The van der Waals surface area contributed by atoms with Gasteiger partial charge < -0.3 is 9.47 Å². The van der Waals surface area contributed by atoms with Crippen molar-refractivity contribution in [2.75, 3.05) is 6.61 Å². The summed E-state index contributed by atoms with van der Waals surface area (Å²) in [5.41, 5.74) is -0.733. The summed E-state index contributed by atoms with van der Waals surface area (Å²) in [6.45, 7) is 1.51. The minimum atomic E-state index is -5.01. The van der Waals surface area contributed by atoms with Crippen LogP contribution in [0, 0.1) is 11.3 Å². The smallest absolute Gasteiger partial charge is 0.434 e. The lowest BCUT2D eigenvalue weighted by molar-refractivity contribution is -0.140. The lowest BCUT2D eigenvalue weighted by Crippen LogP contribution is -2.41. The zero-order chi connectivity index (χ0) is 32.5. The van der Waals surface area contributed by atoms with E-state index in [1.165, 1.54) is 37.3 Å².